The fourth-order valence-corrected chi connectivity index (χ4v) is 4.59. The molecule has 0 radical (unpaired) electrons. The molecule has 3 rings (SSSR count). The first-order valence-electron chi connectivity index (χ1n) is 14.0. The summed E-state index contributed by atoms with van der Waals surface area (Å²) in [7, 11) is 0. The van der Waals surface area contributed by atoms with E-state index in [4.69, 9.17) is 11.5 Å². The molecule has 42 heavy (non-hydrogen) atoms. The van der Waals surface area contributed by atoms with Crippen LogP contribution in [0.2, 0.25) is 0 Å². The van der Waals surface area contributed by atoms with Crippen molar-refractivity contribution in [2.75, 3.05) is 13.1 Å². The van der Waals surface area contributed by atoms with Gasteiger partial charge >= 0.3 is 0 Å². The van der Waals surface area contributed by atoms with Gasteiger partial charge in [0.05, 0.1) is 6.04 Å². The third kappa shape index (κ3) is 10.7. The lowest BCUT2D eigenvalue weighted by molar-refractivity contribution is -0.480. The maximum Gasteiger partial charge on any atom is 0.268 e. The van der Waals surface area contributed by atoms with Crippen molar-refractivity contribution in [1.29, 1.82) is 0 Å². The average Bonchev–Trinajstić information content (AvgIpc) is 2.98. The summed E-state index contributed by atoms with van der Waals surface area (Å²) < 4.78 is 0. The Kier molecular flexibility index (Phi) is 12.5. The molecule has 11 heteroatoms. The van der Waals surface area contributed by atoms with Gasteiger partial charge in [0.1, 0.15) is 0 Å². The van der Waals surface area contributed by atoms with E-state index < -0.39 is 40.9 Å². The Bertz CT molecular complexity index is 1300. The lowest BCUT2D eigenvalue weighted by Crippen LogP contribution is -2.62. The lowest BCUT2D eigenvalue weighted by atomic mass is 9.99. The molecule has 222 valence electrons. The zero-order chi connectivity index (χ0) is 30.2. The van der Waals surface area contributed by atoms with Gasteiger partial charge in [0, 0.05) is 24.3 Å². The first-order valence-corrected chi connectivity index (χ1v) is 14.0. The van der Waals surface area contributed by atoms with Crippen molar-refractivity contribution < 1.29 is 14.5 Å². The fraction of sp³-hybridized carbons (Fsp3) is 0.323. The molecule has 0 aliphatic heterocycles. The second-order valence-corrected chi connectivity index (χ2v) is 10.00. The zero-order valence-electron chi connectivity index (χ0n) is 23.6. The number of benzene rings is 3. The number of guanidine groups is 1. The van der Waals surface area contributed by atoms with Crippen LogP contribution in [0.5, 0.6) is 0 Å². The summed E-state index contributed by atoms with van der Waals surface area (Å²) >= 11 is 0. The molecule has 7 N–H and O–H groups in total. The number of nitrogens with two attached hydrogens (primary N) is 2. The Labute approximate surface area is 245 Å². The molecular weight excluding hydrogens is 534 g/mol. The van der Waals surface area contributed by atoms with Gasteiger partial charge in [-0.05, 0) is 42.5 Å². The van der Waals surface area contributed by atoms with Gasteiger partial charge in [-0.15, -0.1) is 0 Å². The number of nitrogens with one attached hydrogen (secondary N) is 3. The Balaban J connectivity index is 1.82. The number of aliphatic imine (C=N–C) groups is 1. The largest absolute Gasteiger partial charge is 0.370 e. The number of amides is 2. The van der Waals surface area contributed by atoms with Crippen LogP contribution >= 0.6 is 0 Å². The van der Waals surface area contributed by atoms with E-state index in [9.17, 15) is 19.7 Å². The Morgan fingerprint density at radius 2 is 1.43 bits per heavy atom. The fourth-order valence-electron chi connectivity index (χ4n) is 4.59. The number of nitrogens with zero attached hydrogens (tertiary/aromatic N) is 2. The minimum atomic E-state index is -1.94. The van der Waals surface area contributed by atoms with E-state index in [2.05, 4.69) is 33.1 Å². The average molecular weight is 574 g/mol. The van der Waals surface area contributed by atoms with Crippen LogP contribution in [0, 0.1) is 10.1 Å². The molecule has 2 amide bonds. The molecule has 0 spiro atoms. The third-order valence-corrected chi connectivity index (χ3v) is 6.68. The molecule has 11 nitrogen and oxygen atoms in total. The number of aryl methyl sites for hydroxylation is 1. The van der Waals surface area contributed by atoms with E-state index in [0.29, 0.717) is 13.0 Å². The van der Waals surface area contributed by atoms with Gasteiger partial charge in [0.25, 0.3) is 5.91 Å². The van der Waals surface area contributed by atoms with Crippen LogP contribution in [0.3, 0.4) is 0 Å². The maximum absolute atomic E-state index is 13.8. The van der Waals surface area contributed by atoms with Crippen LogP contribution in [-0.4, -0.2) is 47.5 Å². The highest BCUT2D eigenvalue weighted by Gasteiger charge is 2.41. The van der Waals surface area contributed by atoms with E-state index in [-0.39, 0.29) is 19.4 Å². The summed E-state index contributed by atoms with van der Waals surface area (Å²) in [6, 6.07) is 28.0. The smallest absolute Gasteiger partial charge is 0.268 e. The predicted octanol–water partition coefficient (Wildman–Crippen LogP) is 2.28. The first kappa shape index (κ1) is 31.8. The quantitative estimate of drug-likeness (QED) is 0.0540. The van der Waals surface area contributed by atoms with Crippen molar-refractivity contribution in [2.45, 2.75) is 50.4 Å². The molecule has 3 aromatic rings. The van der Waals surface area contributed by atoms with Gasteiger partial charge in [-0.25, -0.2) is 4.99 Å². The van der Waals surface area contributed by atoms with Gasteiger partial charge in [0.2, 0.25) is 18.1 Å². The van der Waals surface area contributed by atoms with Crippen molar-refractivity contribution >= 4 is 17.8 Å². The Morgan fingerprint density at radius 3 is 2.00 bits per heavy atom. The molecule has 2 atom stereocenters. The van der Waals surface area contributed by atoms with Gasteiger partial charge in [-0.1, -0.05) is 91.0 Å². The SMILES string of the molecule is NC(N)=N[C@@](CCC[N+](=O)[O-])(NC(=O)[C@@H](Cc1ccccc1)NCCCc1ccccc1)C(=O)NCc1ccccc1. The van der Waals surface area contributed by atoms with E-state index in [0.717, 1.165) is 24.0 Å². The molecular formula is C31H39N7O4. The lowest BCUT2D eigenvalue weighted by Gasteiger charge is -2.31. The van der Waals surface area contributed by atoms with Crippen LogP contribution in [0.25, 0.3) is 0 Å². The normalized spacial score (nSPS) is 12.9. The minimum Gasteiger partial charge on any atom is -0.370 e. The topological polar surface area (TPSA) is 178 Å². The molecule has 0 aliphatic rings. The van der Waals surface area contributed by atoms with Crippen molar-refractivity contribution in [3.8, 4) is 0 Å². The molecule has 0 saturated heterocycles. The van der Waals surface area contributed by atoms with Crippen LogP contribution < -0.4 is 27.4 Å². The van der Waals surface area contributed by atoms with E-state index >= 15 is 0 Å². The Hall–Kier alpha value is -4.77. The summed E-state index contributed by atoms with van der Waals surface area (Å²) in [5, 5.41) is 20.0. The summed E-state index contributed by atoms with van der Waals surface area (Å²) in [6.07, 6.45) is 1.73. The summed E-state index contributed by atoms with van der Waals surface area (Å²) in [5.74, 6) is -1.60. The second kappa shape index (κ2) is 16.5. The zero-order valence-corrected chi connectivity index (χ0v) is 23.6. The predicted molar refractivity (Wildman–Crippen MR) is 163 cm³/mol. The van der Waals surface area contributed by atoms with Crippen LogP contribution in [0.15, 0.2) is 96.0 Å². The van der Waals surface area contributed by atoms with E-state index in [1.54, 1.807) is 0 Å². The highest BCUT2D eigenvalue weighted by molar-refractivity contribution is 5.95. The molecule has 0 heterocycles. The number of carbonyl (C=O) groups excluding carboxylic acids is 2. The summed E-state index contributed by atoms with van der Waals surface area (Å²) in [6.45, 7) is 0.267. The van der Waals surface area contributed by atoms with Crippen LogP contribution in [0.1, 0.15) is 36.0 Å². The van der Waals surface area contributed by atoms with Gasteiger partial charge in [0.15, 0.2) is 5.96 Å². The molecule has 0 aromatic heterocycles. The standard InChI is InChI=1S/C31H39N7O4/c32-30(33)37-31(19-11-21-38(41)42,29(40)35-23-26-16-8-3-9-17-26)36-28(39)27(22-25-14-6-2-7-15-25)34-20-10-18-24-12-4-1-5-13-24/h1-9,12-17,27,34H,10-11,18-23H2,(H,35,40)(H,36,39)(H4,32,33,37)/t27-,31-/m1/s1. The molecule has 0 aliphatic carbocycles. The third-order valence-electron chi connectivity index (χ3n) is 6.68. The molecule has 0 bridgehead atoms. The molecule has 3 aromatic carbocycles. The van der Waals surface area contributed by atoms with Gasteiger partial charge < -0.3 is 27.4 Å². The number of hydrogen-bond acceptors (Lipinski definition) is 6. The minimum absolute atomic E-state index is 0.0450. The first-order chi connectivity index (χ1) is 20.3. The van der Waals surface area contributed by atoms with Crippen molar-refractivity contribution in [3.63, 3.8) is 0 Å². The van der Waals surface area contributed by atoms with Crippen molar-refractivity contribution in [1.82, 2.24) is 16.0 Å². The maximum atomic E-state index is 13.8. The number of nitro groups is 1. The van der Waals surface area contributed by atoms with Crippen LogP contribution in [-0.2, 0) is 29.0 Å². The monoisotopic (exact) mass is 573 g/mol. The highest BCUT2D eigenvalue weighted by atomic mass is 16.6. The molecule has 0 unspecified atom stereocenters. The highest BCUT2D eigenvalue weighted by Crippen LogP contribution is 2.18. The molecule has 0 saturated carbocycles. The Morgan fingerprint density at radius 1 is 0.857 bits per heavy atom. The van der Waals surface area contributed by atoms with Crippen molar-refractivity contribution in [2.24, 2.45) is 16.5 Å². The van der Waals surface area contributed by atoms with E-state index in [1.807, 2.05) is 78.9 Å². The van der Waals surface area contributed by atoms with Crippen molar-refractivity contribution in [3.05, 3.63) is 118 Å². The van der Waals surface area contributed by atoms with Gasteiger partial charge in [-0.3, -0.25) is 19.7 Å². The molecule has 0 fully saturated rings. The number of carbonyl (C=O) groups is 2. The van der Waals surface area contributed by atoms with Crippen LogP contribution in [0.4, 0.5) is 0 Å². The summed E-state index contributed by atoms with van der Waals surface area (Å²) in [4.78, 5) is 42.3. The van der Waals surface area contributed by atoms with Gasteiger partial charge in [-0.2, -0.15) is 0 Å². The summed E-state index contributed by atoms with van der Waals surface area (Å²) in [5.41, 5.74) is 12.5. The number of rotatable bonds is 17. The second-order valence-electron chi connectivity index (χ2n) is 10.00. The van der Waals surface area contributed by atoms with E-state index in [1.165, 1.54) is 5.56 Å². The number of hydrogen-bond donors (Lipinski definition) is 5.